The second-order valence-electron chi connectivity index (χ2n) is 3.81. The highest BCUT2D eigenvalue weighted by Gasteiger charge is 2.22. The Hall–Kier alpha value is -2.83. The number of hydrogen-bond acceptors (Lipinski definition) is 5. The van der Waals surface area contributed by atoms with Crippen LogP contribution in [-0.4, -0.2) is 25.6 Å². The summed E-state index contributed by atoms with van der Waals surface area (Å²) in [7, 11) is 0. The van der Waals surface area contributed by atoms with Crippen molar-refractivity contribution in [1.82, 2.24) is 19.9 Å². The van der Waals surface area contributed by atoms with E-state index in [0.29, 0.717) is 16.9 Å². The fourth-order valence-electron chi connectivity index (χ4n) is 1.95. The molecule has 0 bridgehead atoms. The van der Waals surface area contributed by atoms with Crippen LogP contribution in [-0.2, 0) is 0 Å². The molecule has 0 amide bonds. The van der Waals surface area contributed by atoms with E-state index in [1.807, 2.05) is 18.2 Å². The van der Waals surface area contributed by atoms with E-state index in [-0.39, 0.29) is 11.6 Å². The molecule has 3 rings (SSSR count). The molecule has 2 heterocycles. The van der Waals surface area contributed by atoms with Gasteiger partial charge in [0.1, 0.15) is 17.8 Å². The first-order valence-corrected chi connectivity index (χ1v) is 5.24. The lowest BCUT2D eigenvalue weighted by Crippen LogP contribution is -2.19. The van der Waals surface area contributed by atoms with Gasteiger partial charge in [0.15, 0.2) is 5.82 Å². The highest BCUT2D eigenvalue weighted by Crippen LogP contribution is 2.27. The molecule has 0 fully saturated rings. The highest BCUT2D eigenvalue weighted by molar-refractivity contribution is 6.16. The molecule has 0 aliphatic rings. The van der Waals surface area contributed by atoms with Gasteiger partial charge in [-0.2, -0.15) is 5.10 Å². The van der Waals surface area contributed by atoms with Crippen molar-refractivity contribution in [2.75, 3.05) is 11.6 Å². The molecule has 0 atom stereocenters. The normalized spacial score (nSPS) is 10.9. The van der Waals surface area contributed by atoms with E-state index >= 15 is 0 Å². The summed E-state index contributed by atoms with van der Waals surface area (Å²) >= 11 is 0. The Labute approximate surface area is 101 Å². The summed E-state index contributed by atoms with van der Waals surface area (Å²) in [5.74, 6) is 5.96. The maximum Gasteiger partial charge on any atom is 0.248 e. The van der Waals surface area contributed by atoms with Gasteiger partial charge >= 0.3 is 0 Å². The van der Waals surface area contributed by atoms with Gasteiger partial charge < -0.3 is 11.6 Å². The third kappa shape index (κ3) is 1.27. The Morgan fingerprint density at radius 3 is 2.67 bits per heavy atom. The van der Waals surface area contributed by atoms with Gasteiger partial charge in [0.2, 0.25) is 5.78 Å². The molecule has 3 aromatic rings. The van der Waals surface area contributed by atoms with Gasteiger partial charge in [-0.3, -0.25) is 9.89 Å². The summed E-state index contributed by atoms with van der Waals surface area (Å²) in [4.78, 5) is 16.1. The number of nitrogens with two attached hydrogens (primary N) is 2. The first-order chi connectivity index (χ1) is 8.70. The van der Waals surface area contributed by atoms with Gasteiger partial charge in [-0.05, 0) is 0 Å². The van der Waals surface area contributed by atoms with E-state index in [9.17, 15) is 4.79 Å². The van der Waals surface area contributed by atoms with E-state index in [4.69, 9.17) is 11.6 Å². The van der Waals surface area contributed by atoms with Gasteiger partial charge in [0.05, 0.1) is 0 Å². The number of rotatable bonds is 2. The van der Waals surface area contributed by atoms with Crippen molar-refractivity contribution in [2.24, 2.45) is 0 Å². The zero-order valence-corrected chi connectivity index (χ0v) is 9.29. The monoisotopic (exact) mass is 242 g/mol. The number of nitrogen functional groups attached to an aromatic ring is 2. The van der Waals surface area contributed by atoms with Crippen molar-refractivity contribution >= 4 is 22.4 Å². The molecule has 2 aromatic heterocycles. The third-order valence-corrected chi connectivity index (χ3v) is 2.80. The zero-order valence-electron chi connectivity index (χ0n) is 9.29. The minimum Gasteiger partial charge on any atom is -0.383 e. The molecule has 0 aliphatic carbocycles. The van der Waals surface area contributed by atoms with Crippen molar-refractivity contribution < 1.29 is 4.79 Å². The van der Waals surface area contributed by atoms with Gasteiger partial charge in [0.25, 0.3) is 0 Å². The number of hydrogen-bond donors (Lipinski definition) is 3. The first kappa shape index (κ1) is 10.3. The molecule has 0 unspecified atom stereocenters. The molecule has 5 N–H and O–H groups in total. The average Bonchev–Trinajstić information content (AvgIpc) is 2.99. The van der Waals surface area contributed by atoms with Crippen molar-refractivity contribution in [3.05, 3.63) is 42.1 Å². The Morgan fingerprint density at radius 1 is 1.28 bits per heavy atom. The van der Waals surface area contributed by atoms with Crippen LogP contribution in [0.3, 0.4) is 0 Å². The van der Waals surface area contributed by atoms with Crippen LogP contribution in [0.1, 0.15) is 16.3 Å². The fraction of sp³-hybridized carbons (Fsp3) is 0. The predicted octanol–water partition coefficient (Wildman–Crippen LogP) is 0.286. The number of benzene rings is 1. The fourth-order valence-corrected chi connectivity index (χ4v) is 1.95. The number of fused-ring (bicyclic) bond motifs is 1. The van der Waals surface area contributed by atoms with Crippen LogP contribution >= 0.6 is 0 Å². The lowest BCUT2D eigenvalue weighted by atomic mass is 10.1. The number of nitrogens with zero attached hydrogens (tertiary/aromatic N) is 3. The second kappa shape index (κ2) is 3.59. The minimum atomic E-state index is -0.345. The van der Waals surface area contributed by atoms with Crippen LogP contribution in [0.2, 0.25) is 0 Å². The van der Waals surface area contributed by atoms with Crippen LogP contribution in [0.5, 0.6) is 0 Å². The zero-order chi connectivity index (χ0) is 12.7. The minimum absolute atomic E-state index is 0.130. The van der Waals surface area contributed by atoms with E-state index in [1.165, 1.54) is 11.0 Å². The molecule has 0 aliphatic heterocycles. The number of ketones is 1. The van der Waals surface area contributed by atoms with E-state index < -0.39 is 0 Å². The van der Waals surface area contributed by atoms with Crippen LogP contribution in [0.25, 0.3) is 10.8 Å². The van der Waals surface area contributed by atoms with Crippen LogP contribution < -0.4 is 11.6 Å². The highest BCUT2D eigenvalue weighted by atomic mass is 16.1. The molecule has 0 saturated carbocycles. The number of carbonyl (C=O) groups excluding carboxylic acids is 1. The number of aromatic amines is 1. The lowest BCUT2D eigenvalue weighted by Gasteiger charge is -2.01. The Kier molecular flexibility index (Phi) is 2.06. The van der Waals surface area contributed by atoms with Crippen molar-refractivity contribution in [3.63, 3.8) is 0 Å². The first-order valence-electron chi connectivity index (χ1n) is 5.24. The van der Waals surface area contributed by atoms with Crippen molar-refractivity contribution in [2.45, 2.75) is 0 Å². The standard InChI is InChI=1S/C11H10N6O/c12-10-7-4-2-1-3-6(7)8(17(10)13)9(18)11-14-5-15-16-11/h1-5H,12-13H2,(H,14,15,16). The quantitative estimate of drug-likeness (QED) is 0.441. The number of anilines is 1. The lowest BCUT2D eigenvalue weighted by molar-refractivity contribution is 0.102. The summed E-state index contributed by atoms with van der Waals surface area (Å²) in [5.41, 5.74) is 6.16. The van der Waals surface area contributed by atoms with E-state index in [2.05, 4.69) is 15.2 Å². The Morgan fingerprint density at radius 2 is 2.00 bits per heavy atom. The van der Waals surface area contributed by atoms with E-state index in [0.717, 1.165) is 5.39 Å². The second-order valence-corrected chi connectivity index (χ2v) is 3.81. The summed E-state index contributed by atoms with van der Waals surface area (Å²) in [6.07, 6.45) is 1.27. The molecule has 7 heteroatoms. The molecule has 0 spiro atoms. The van der Waals surface area contributed by atoms with Gasteiger partial charge in [-0.15, -0.1) is 0 Å². The number of aromatic nitrogens is 4. The van der Waals surface area contributed by atoms with Gasteiger partial charge in [-0.25, -0.2) is 9.66 Å². The molecule has 1 aromatic carbocycles. The third-order valence-electron chi connectivity index (χ3n) is 2.80. The molecule has 0 saturated heterocycles. The maximum absolute atomic E-state index is 12.3. The maximum atomic E-state index is 12.3. The van der Waals surface area contributed by atoms with Gasteiger partial charge in [0, 0.05) is 10.8 Å². The predicted molar refractivity (Wildman–Crippen MR) is 66.3 cm³/mol. The number of H-pyrrole nitrogens is 1. The molecular formula is C11H10N6O. The van der Waals surface area contributed by atoms with Crippen molar-refractivity contribution in [1.29, 1.82) is 0 Å². The SMILES string of the molecule is Nc1c2ccccc2c(C(=O)c2ncn[nH]2)n1N. The van der Waals surface area contributed by atoms with Crippen LogP contribution in [0, 0.1) is 0 Å². The summed E-state index contributed by atoms with van der Waals surface area (Å²) in [5, 5.41) is 7.60. The number of carbonyl (C=O) groups is 1. The molecule has 90 valence electrons. The topological polar surface area (TPSA) is 116 Å². The Bertz CT molecular complexity index is 727. The molecular weight excluding hydrogens is 232 g/mol. The van der Waals surface area contributed by atoms with Crippen molar-refractivity contribution in [3.8, 4) is 0 Å². The average molecular weight is 242 g/mol. The van der Waals surface area contributed by atoms with Crippen LogP contribution in [0.4, 0.5) is 5.82 Å². The molecule has 7 nitrogen and oxygen atoms in total. The number of nitrogens with one attached hydrogen (secondary N) is 1. The smallest absolute Gasteiger partial charge is 0.248 e. The molecule has 18 heavy (non-hydrogen) atoms. The van der Waals surface area contributed by atoms with Gasteiger partial charge in [-0.1, -0.05) is 24.3 Å². The van der Waals surface area contributed by atoms with Crippen LogP contribution in [0.15, 0.2) is 30.6 Å². The van der Waals surface area contributed by atoms with E-state index in [1.54, 1.807) is 6.07 Å². The summed E-state index contributed by atoms with van der Waals surface area (Å²) in [6, 6.07) is 7.25. The summed E-state index contributed by atoms with van der Waals surface area (Å²) < 4.78 is 1.18. The largest absolute Gasteiger partial charge is 0.383 e. The Balaban J connectivity index is 2.30. The summed E-state index contributed by atoms with van der Waals surface area (Å²) in [6.45, 7) is 0. The molecule has 0 radical (unpaired) electrons.